The lowest BCUT2D eigenvalue weighted by Gasteiger charge is -2.23. The van der Waals surface area contributed by atoms with E-state index in [2.05, 4.69) is 10.3 Å². The van der Waals surface area contributed by atoms with Crippen LogP contribution in [0.1, 0.15) is 0 Å². The standard InChI is InChI=1S/C10H15N3O2/c11-8-1-2-10(12-5-8)13-6-9-7-14-3-4-15-9/h1-2,5,9H,3-4,6-7,11H2,(H,12,13). The molecule has 1 aliphatic heterocycles. The van der Waals surface area contributed by atoms with Crippen LogP contribution in [0.2, 0.25) is 0 Å². The van der Waals surface area contributed by atoms with E-state index in [-0.39, 0.29) is 6.10 Å². The van der Waals surface area contributed by atoms with Gasteiger partial charge in [-0.3, -0.25) is 0 Å². The first-order valence-electron chi connectivity index (χ1n) is 4.99. The van der Waals surface area contributed by atoms with Crippen LogP contribution in [0.15, 0.2) is 18.3 Å². The zero-order valence-corrected chi connectivity index (χ0v) is 8.48. The zero-order valence-electron chi connectivity index (χ0n) is 8.48. The van der Waals surface area contributed by atoms with Crippen molar-refractivity contribution in [3.05, 3.63) is 18.3 Å². The SMILES string of the molecule is Nc1ccc(NCC2COCCO2)nc1. The van der Waals surface area contributed by atoms with Gasteiger partial charge < -0.3 is 20.5 Å². The van der Waals surface area contributed by atoms with Crippen molar-refractivity contribution < 1.29 is 9.47 Å². The number of nitrogens with one attached hydrogen (secondary N) is 1. The van der Waals surface area contributed by atoms with E-state index in [9.17, 15) is 0 Å². The average molecular weight is 209 g/mol. The van der Waals surface area contributed by atoms with Crippen molar-refractivity contribution in [3.8, 4) is 0 Å². The Morgan fingerprint density at radius 1 is 1.47 bits per heavy atom. The summed E-state index contributed by atoms with van der Waals surface area (Å²) in [5, 5.41) is 3.17. The molecule has 2 rings (SSSR count). The summed E-state index contributed by atoms with van der Waals surface area (Å²) in [6, 6.07) is 3.66. The molecule has 1 aliphatic rings. The van der Waals surface area contributed by atoms with Gasteiger partial charge in [0.2, 0.25) is 0 Å². The molecule has 0 spiro atoms. The predicted molar refractivity (Wildman–Crippen MR) is 57.7 cm³/mol. The number of anilines is 2. The first kappa shape index (κ1) is 10.2. The van der Waals surface area contributed by atoms with Crippen LogP contribution in [0.5, 0.6) is 0 Å². The molecule has 1 unspecified atom stereocenters. The van der Waals surface area contributed by atoms with Gasteiger partial charge in [-0.1, -0.05) is 0 Å². The van der Waals surface area contributed by atoms with Crippen molar-refractivity contribution in [2.45, 2.75) is 6.10 Å². The first-order valence-corrected chi connectivity index (χ1v) is 4.99. The van der Waals surface area contributed by atoms with Gasteiger partial charge in [0, 0.05) is 6.54 Å². The fourth-order valence-corrected chi connectivity index (χ4v) is 1.38. The molecule has 0 aliphatic carbocycles. The van der Waals surface area contributed by atoms with Crippen LogP contribution >= 0.6 is 0 Å². The van der Waals surface area contributed by atoms with E-state index in [4.69, 9.17) is 15.2 Å². The number of pyridine rings is 1. The molecule has 1 saturated heterocycles. The topological polar surface area (TPSA) is 69.4 Å². The van der Waals surface area contributed by atoms with Crippen LogP contribution in [0.25, 0.3) is 0 Å². The number of hydrogen-bond donors (Lipinski definition) is 2. The van der Waals surface area contributed by atoms with Gasteiger partial charge in [0.25, 0.3) is 0 Å². The van der Waals surface area contributed by atoms with Crippen molar-refractivity contribution in [1.29, 1.82) is 0 Å². The molecule has 0 amide bonds. The summed E-state index contributed by atoms with van der Waals surface area (Å²) in [7, 11) is 0. The lowest BCUT2D eigenvalue weighted by atomic mass is 10.3. The fraction of sp³-hybridized carbons (Fsp3) is 0.500. The molecule has 0 aromatic carbocycles. The Bertz CT molecular complexity index is 296. The molecule has 0 bridgehead atoms. The molecule has 2 heterocycles. The summed E-state index contributed by atoms with van der Waals surface area (Å²) >= 11 is 0. The van der Waals surface area contributed by atoms with Gasteiger partial charge in [-0.2, -0.15) is 0 Å². The van der Waals surface area contributed by atoms with Crippen LogP contribution in [0.4, 0.5) is 11.5 Å². The molecule has 5 heteroatoms. The molecule has 3 N–H and O–H groups in total. The number of ether oxygens (including phenoxy) is 2. The second-order valence-electron chi connectivity index (χ2n) is 3.43. The molecule has 1 aromatic rings. The maximum absolute atomic E-state index is 5.53. The van der Waals surface area contributed by atoms with E-state index in [1.165, 1.54) is 0 Å². The van der Waals surface area contributed by atoms with Crippen molar-refractivity contribution in [2.24, 2.45) is 0 Å². The van der Waals surface area contributed by atoms with E-state index in [0.29, 0.717) is 32.1 Å². The van der Waals surface area contributed by atoms with E-state index < -0.39 is 0 Å². The molecular weight excluding hydrogens is 194 g/mol. The Kier molecular flexibility index (Phi) is 3.37. The summed E-state index contributed by atoms with van der Waals surface area (Å²) in [4.78, 5) is 4.13. The smallest absolute Gasteiger partial charge is 0.126 e. The van der Waals surface area contributed by atoms with Gasteiger partial charge in [-0.15, -0.1) is 0 Å². The highest BCUT2D eigenvalue weighted by molar-refractivity contribution is 5.43. The summed E-state index contributed by atoms with van der Waals surface area (Å²) in [5.74, 6) is 0.804. The number of hydrogen-bond acceptors (Lipinski definition) is 5. The third-order valence-corrected chi connectivity index (χ3v) is 2.18. The van der Waals surface area contributed by atoms with Crippen LogP contribution in [0.3, 0.4) is 0 Å². The minimum atomic E-state index is 0.109. The summed E-state index contributed by atoms with van der Waals surface area (Å²) in [6.45, 7) is 2.71. The number of nitrogens with two attached hydrogens (primary N) is 1. The number of nitrogen functional groups attached to an aromatic ring is 1. The van der Waals surface area contributed by atoms with Crippen molar-refractivity contribution in [2.75, 3.05) is 37.4 Å². The maximum atomic E-state index is 5.53. The molecule has 5 nitrogen and oxygen atoms in total. The molecule has 0 radical (unpaired) electrons. The van der Waals surface area contributed by atoms with Crippen LogP contribution in [-0.4, -0.2) is 37.5 Å². The van der Waals surface area contributed by atoms with E-state index in [1.807, 2.05) is 12.1 Å². The third kappa shape index (κ3) is 3.07. The Hall–Kier alpha value is -1.33. The average Bonchev–Trinajstić information content (AvgIpc) is 2.30. The molecular formula is C10H15N3O2. The van der Waals surface area contributed by atoms with E-state index >= 15 is 0 Å². The molecule has 1 atom stereocenters. The Balaban J connectivity index is 1.79. The van der Waals surface area contributed by atoms with Crippen molar-refractivity contribution in [1.82, 2.24) is 4.98 Å². The van der Waals surface area contributed by atoms with Gasteiger partial charge in [0.15, 0.2) is 0 Å². The number of nitrogens with zero attached hydrogens (tertiary/aromatic N) is 1. The van der Waals surface area contributed by atoms with Gasteiger partial charge >= 0.3 is 0 Å². The van der Waals surface area contributed by atoms with Gasteiger partial charge in [0.05, 0.1) is 37.8 Å². The summed E-state index contributed by atoms with van der Waals surface area (Å²) < 4.78 is 10.8. The highest BCUT2D eigenvalue weighted by Crippen LogP contribution is 2.07. The minimum Gasteiger partial charge on any atom is -0.397 e. The normalized spacial score (nSPS) is 21.2. The molecule has 82 valence electrons. The zero-order chi connectivity index (χ0) is 10.5. The van der Waals surface area contributed by atoms with Gasteiger partial charge in [-0.05, 0) is 12.1 Å². The Labute approximate surface area is 88.6 Å². The first-order chi connectivity index (χ1) is 7.34. The monoisotopic (exact) mass is 209 g/mol. The lowest BCUT2D eigenvalue weighted by molar-refractivity contribution is -0.0819. The molecule has 1 fully saturated rings. The largest absolute Gasteiger partial charge is 0.397 e. The number of rotatable bonds is 3. The van der Waals surface area contributed by atoms with Crippen molar-refractivity contribution >= 4 is 11.5 Å². The maximum Gasteiger partial charge on any atom is 0.126 e. The lowest BCUT2D eigenvalue weighted by Crippen LogP contribution is -2.34. The Morgan fingerprint density at radius 2 is 2.40 bits per heavy atom. The molecule has 1 aromatic heterocycles. The fourth-order valence-electron chi connectivity index (χ4n) is 1.38. The summed E-state index contributed by atoms with van der Waals surface area (Å²) in [6.07, 6.45) is 1.73. The van der Waals surface area contributed by atoms with E-state index in [0.717, 1.165) is 5.82 Å². The predicted octanol–water partition coefficient (Wildman–Crippen LogP) is 0.491. The minimum absolute atomic E-state index is 0.109. The van der Waals surface area contributed by atoms with Crippen LogP contribution in [0, 0.1) is 0 Å². The quantitative estimate of drug-likeness (QED) is 0.758. The van der Waals surface area contributed by atoms with Crippen molar-refractivity contribution in [3.63, 3.8) is 0 Å². The molecule has 0 saturated carbocycles. The van der Waals surface area contributed by atoms with E-state index in [1.54, 1.807) is 6.20 Å². The van der Waals surface area contributed by atoms with Crippen LogP contribution < -0.4 is 11.1 Å². The van der Waals surface area contributed by atoms with Gasteiger partial charge in [0.1, 0.15) is 5.82 Å². The van der Waals surface area contributed by atoms with Gasteiger partial charge in [-0.25, -0.2) is 4.98 Å². The summed E-state index contributed by atoms with van der Waals surface area (Å²) in [5.41, 5.74) is 6.20. The van der Waals surface area contributed by atoms with Crippen LogP contribution in [-0.2, 0) is 9.47 Å². The molecule has 15 heavy (non-hydrogen) atoms. The third-order valence-electron chi connectivity index (χ3n) is 2.18. The number of aromatic nitrogens is 1. The second kappa shape index (κ2) is 4.95. The highest BCUT2D eigenvalue weighted by atomic mass is 16.6. The highest BCUT2D eigenvalue weighted by Gasteiger charge is 2.13. The second-order valence-corrected chi connectivity index (χ2v) is 3.43. The Morgan fingerprint density at radius 3 is 3.07 bits per heavy atom.